The topological polar surface area (TPSA) is 39.3 Å². The first-order valence-electron chi connectivity index (χ1n) is 7.31. The SMILES string of the molecule is Cn1c(CNC[C@@H]2CCCO2)ccc1Cc1ccco1. The second-order valence-corrected chi connectivity index (χ2v) is 5.40. The van der Waals surface area contributed by atoms with Gasteiger partial charge in [0, 0.05) is 44.6 Å². The zero-order valence-electron chi connectivity index (χ0n) is 12.0. The minimum Gasteiger partial charge on any atom is -0.469 e. The van der Waals surface area contributed by atoms with Crippen molar-refractivity contribution >= 4 is 0 Å². The van der Waals surface area contributed by atoms with Gasteiger partial charge in [0.2, 0.25) is 0 Å². The Labute approximate surface area is 119 Å². The zero-order chi connectivity index (χ0) is 13.8. The van der Waals surface area contributed by atoms with Crippen molar-refractivity contribution in [3.8, 4) is 0 Å². The van der Waals surface area contributed by atoms with Crippen molar-refractivity contribution in [3.63, 3.8) is 0 Å². The van der Waals surface area contributed by atoms with Crippen LogP contribution in [0.25, 0.3) is 0 Å². The van der Waals surface area contributed by atoms with E-state index in [1.54, 1.807) is 6.26 Å². The maximum atomic E-state index is 5.61. The second kappa shape index (κ2) is 6.29. The summed E-state index contributed by atoms with van der Waals surface area (Å²) >= 11 is 0. The molecular weight excluding hydrogens is 252 g/mol. The molecule has 1 fully saturated rings. The number of furan rings is 1. The number of aromatic nitrogens is 1. The summed E-state index contributed by atoms with van der Waals surface area (Å²) in [6.45, 7) is 2.75. The van der Waals surface area contributed by atoms with Crippen molar-refractivity contribution in [1.29, 1.82) is 0 Å². The lowest BCUT2D eigenvalue weighted by Crippen LogP contribution is -2.26. The largest absolute Gasteiger partial charge is 0.469 e. The third kappa shape index (κ3) is 3.14. The molecule has 2 aromatic rings. The Kier molecular flexibility index (Phi) is 4.23. The van der Waals surface area contributed by atoms with Crippen molar-refractivity contribution < 1.29 is 9.15 Å². The van der Waals surface area contributed by atoms with E-state index in [0.29, 0.717) is 6.10 Å². The third-order valence-corrected chi connectivity index (χ3v) is 3.97. The van der Waals surface area contributed by atoms with E-state index in [2.05, 4.69) is 29.1 Å². The van der Waals surface area contributed by atoms with Crippen LogP contribution >= 0.6 is 0 Å². The lowest BCUT2D eigenvalue weighted by atomic mass is 10.2. The van der Waals surface area contributed by atoms with E-state index in [-0.39, 0.29) is 0 Å². The fourth-order valence-electron chi connectivity index (χ4n) is 2.71. The highest BCUT2D eigenvalue weighted by Crippen LogP contribution is 2.14. The highest BCUT2D eigenvalue weighted by molar-refractivity contribution is 5.20. The van der Waals surface area contributed by atoms with Crippen LogP contribution in [0.5, 0.6) is 0 Å². The Balaban J connectivity index is 1.53. The molecular formula is C16H22N2O2. The van der Waals surface area contributed by atoms with E-state index in [4.69, 9.17) is 9.15 Å². The number of ether oxygens (including phenoxy) is 1. The van der Waals surface area contributed by atoms with Gasteiger partial charge in [-0.15, -0.1) is 0 Å². The van der Waals surface area contributed by atoms with Crippen LogP contribution < -0.4 is 5.32 Å². The van der Waals surface area contributed by atoms with Gasteiger partial charge in [0.25, 0.3) is 0 Å². The summed E-state index contributed by atoms with van der Waals surface area (Å²) in [6.07, 6.45) is 5.35. The maximum Gasteiger partial charge on any atom is 0.109 e. The molecule has 1 aliphatic rings. The predicted octanol–water partition coefficient (Wildman–Crippen LogP) is 2.48. The zero-order valence-corrected chi connectivity index (χ0v) is 12.0. The molecule has 2 aromatic heterocycles. The maximum absolute atomic E-state index is 5.61. The first-order chi connectivity index (χ1) is 9.83. The summed E-state index contributed by atoms with van der Waals surface area (Å²) in [5, 5.41) is 3.49. The van der Waals surface area contributed by atoms with Crippen molar-refractivity contribution in [2.24, 2.45) is 7.05 Å². The first kappa shape index (κ1) is 13.5. The van der Waals surface area contributed by atoms with Crippen molar-refractivity contribution in [2.75, 3.05) is 13.2 Å². The molecule has 4 nitrogen and oxygen atoms in total. The molecule has 108 valence electrons. The van der Waals surface area contributed by atoms with E-state index in [1.807, 2.05) is 12.1 Å². The number of hydrogen-bond acceptors (Lipinski definition) is 3. The Morgan fingerprint density at radius 3 is 2.95 bits per heavy atom. The van der Waals surface area contributed by atoms with Crippen LogP contribution in [0, 0.1) is 0 Å². The Hall–Kier alpha value is -1.52. The molecule has 3 heterocycles. The predicted molar refractivity (Wildman–Crippen MR) is 77.6 cm³/mol. The highest BCUT2D eigenvalue weighted by Gasteiger charge is 2.15. The summed E-state index contributed by atoms with van der Waals surface area (Å²) in [5.74, 6) is 1.00. The average molecular weight is 274 g/mol. The van der Waals surface area contributed by atoms with Gasteiger partial charge in [-0.05, 0) is 37.1 Å². The minimum absolute atomic E-state index is 0.401. The summed E-state index contributed by atoms with van der Waals surface area (Å²) in [5.41, 5.74) is 2.57. The molecule has 0 unspecified atom stereocenters. The molecule has 0 bridgehead atoms. The Morgan fingerprint density at radius 2 is 2.20 bits per heavy atom. The normalized spacial score (nSPS) is 18.8. The van der Waals surface area contributed by atoms with Gasteiger partial charge in [0.05, 0.1) is 12.4 Å². The third-order valence-electron chi connectivity index (χ3n) is 3.97. The van der Waals surface area contributed by atoms with Gasteiger partial charge in [-0.2, -0.15) is 0 Å². The summed E-state index contributed by atoms with van der Waals surface area (Å²) in [6, 6.07) is 8.30. The number of rotatable bonds is 6. The smallest absolute Gasteiger partial charge is 0.109 e. The van der Waals surface area contributed by atoms with Gasteiger partial charge in [0.1, 0.15) is 5.76 Å². The van der Waals surface area contributed by atoms with Gasteiger partial charge in [0.15, 0.2) is 0 Å². The van der Waals surface area contributed by atoms with E-state index < -0.39 is 0 Å². The second-order valence-electron chi connectivity index (χ2n) is 5.40. The van der Waals surface area contributed by atoms with Crippen LogP contribution in [0.3, 0.4) is 0 Å². The van der Waals surface area contributed by atoms with Crippen LogP contribution in [0.2, 0.25) is 0 Å². The summed E-state index contributed by atoms with van der Waals surface area (Å²) in [4.78, 5) is 0. The summed E-state index contributed by atoms with van der Waals surface area (Å²) < 4.78 is 13.3. The molecule has 1 aliphatic heterocycles. The van der Waals surface area contributed by atoms with Gasteiger partial charge in [-0.3, -0.25) is 0 Å². The lowest BCUT2D eigenvalue weighted by Gasteiger charge is -2.12. The quantitative estimate of drug-likeness (QED) is 0.879. The number of hydrogen-bond donors (Lipinski definition) is 1. The van der Waals surface area contributed by atoms with Crippen LogP contribution in [0.4, 0.5) is 0 Å². The molecule has 1 saturated heterocycles. The van der Waals surface area contributed by atoms with E-state index in [1.165, 1.54) is 24.2 Å². The Bertz CT molecular complexity index is 525. The molecule has 0 radical (unpaired) electrons. The Morgan fingerprint density at radius 1 is 1.30 bits per heavy atom. The van der Waals surface area contributed by atoms with E-state index in [9.17, 15) is 0 Å². The van der Waals surface area contributed by atoms with Crippen molar-refractivity contribution in [1.82, 2.24) is 9.88 Å². The first-order valence-corrected chi connectivity index (χ1v) is 7.31. The number of nitrogens with zero attached hydrogens (tertiary/aromatic N) is 1. The van der Waals surface area contributed by atoms with Gasteiger partial charge in [-0.1, -0.05) is 0 Å². The fraction of sp³-hybridized carbons (Fsp3) is 0.500. The molecule has 1 N–H and O–H groups in total. The average Bonchev–Trinajstić information content (AvgIpc) is 3.17. The monoisotopic (exact) mass is 274 g/mol. The van der Waals surface area contributed by atoms with Crippen LogP contribution in [0.1, 0.15) is 30.0 Å². The van der Waals surface area contributed by atoms with Gasteiger partial charge >= 0.3 is 0 Å². The van der Waals surface area contributed by atoms with Crippen LogP contribution in [-0.2, 0) is 24.8 Å². The molecule has 20 heavy (non-hydrogen) atoms. The molecule has 0 amide bonds. The fourth-order valence-corrected chi connectivity index (χ4v) is 2.71. The van der Waals surface area contributed by atoms with Crippen LogP contribution in [-0.4, -0.2) is 23.8 Å². The highest BCUT2D eigenvalue weighted by atomic mass is 16.5. The summed E-state index contributed by atoms with van der Waals surface area (Å²) in [7, 11) is 2.11. The molecule has 4 heteroatoms. The standard InChI is InChI=1S/C16H22N2O2/c1-18-13(10-15-4-2-8-19-15)6-7-14(18)11-17-12-16-5-3-9-20-16/h2,4,6-8,16-17H,3,5,9-12H2,1H3/t16-/m0/s1. The molecule has 0 aliphatic carbocycles. The van der Waals surface area contributed by atoms with Gasteiger partial charge < -0.3 is 19.0 Å². The van der Waals surface area contributed by atoms with E-state index in [0.717, 1.165) is 31.9 Å². The molecule has 0 saturated carbocycles. The molecule has 3 rings (SSSR count). The lowest BCUT2D eigenvalue weighted by molar-refractivity contribution is 0.110. The van der Waals surface area contributed by atoms with Crippen molar-refractivity contribution in [3.05, 3.63) is 47.7 Å². The number of nitrogens with one attached hydrogen (secondary N) is 1. The van der Waals surface area contributed by atoms with Crippen molar-refractivity contribution in [2.45, 2.75) is 31.9 Å². The minimum atomic E-state index is 0.401. The molecule has 0 spiro atoms. The van der Waals surface area contributed by atoms with E-state index >= 15 is 0 Å². The van der Waals surface area contributed by atoms with Gasteiger partial charge in [-0.25, -0.2) is 0 Å². The van der Waals surface area contributed by atoms with Crippen LogP contribution in [0.15, 0.2) is 34.9 Å². The molecule has 0 aromatic carbocycles. The molecule has 1 atom stereocenters.